The maximum Gasteiger partial charge on any atom is 0.500 e. The summed E-state index contributed by atoms with van der Waals surface area (Å²) >= 11 is 0. The Morgan fingerprint density at radius 2 is 1.65 bits per heavy atom. The molecular weight excluding hydrogens is 232 g/mol. The van der Waals surface area contributed by atoms with E-state index in [1.165, 1.54) is 25.7 Å². The molecule has 0 aromatic carbocycles. The van der Waals surface area contributed by atoms with Crippen LogP contribution in [-0.2, 0) is 13.3 Å². The van der Waals surface area contributed by atoms with E-state index in [1.807, 2.05) is 6.08 Å². The lowest BCUT2D eigenvalue weighted by Gasteiger charge is -2.27. The highest BCUT2D eigenvalue weighted by atomic mass is 28.4. The number of allylic oxidation sites excluding steroid dienone is 1. The van der Waals surface area contributed by atoms with Crippen LogP contribution in [-0.4, -0.2) is 30.1 Å². The van der Waals surface area contributed by atoms with Gasteiger partial charge in [0.05, 0.1) is 0 Å². The average Bonchev–Trinajstić information content (AvgIpc) is 2.36. The summed E-state index contributed by atoms with van der Waals surface area (Å²) in [6, 6.07) is 0.901. The zero-order valence-electron chi connectivity index (χ0n) is 11.8. The number of hydrogen-bond acceptors (Lipinski definition) is 3. The SMILES string of the molecule is C=CCCCCCC(C)C[Si](OC)(OC)OC. The van der Waals surface area contributed by atoms with Crippen LogP contribution in [0.1, 0.15) is 39.0 Å². The Hall–Kier alpha value is -0.163. The number of unbranched alkanes of at least 4 members (excludes halogenated alkanes) is 3. The van der Waals surface area contributed by atoms with Crippen molar-refractivity contribution in [1.82, 2.24) is 0 Å². The van der Waals surface area contributed by atoms with Crippen molar-refractivity contribution in [2.75, 3.05) is 21.3 Å². The lowest BCUT2D eigenvalue weighted by molar-refractivity contribution is 0.118. The van der Waals surface area contributed by atoms with Gasteiger partial charge in [0.1, 0.15) is 0 Å². The van der Waals surface area contributed by atoms with Gasteiger partial charge in [0.2, 0.25) is 0 Å². The maximum absolute atomic E-state index is 5.43. The van der Waals surface area contributed by atoms with Crippen molar-refractivity contribution in [3.8, 4) is 0 Å². The molecule has 0 saturated heterocycles. The van der Waals surface area contributed by atoms with Crippen molar-refractivity contribution < 1.29 is 13.3 Å². The van der Waals surface area contributed by atoms with Gasteiger partial charge in [-0.1, -0.05) is 32.3 Å². The zero-order chi connectivity index (χ0) is 13.1. The van der Waals surface area contributed by atoms with Gasteiger partial charge in [0.25, 0.3) is 0 Å². The summed E-state index contributed by atoms with van der Waals surface area (Å²) < 4.78 is 16.3. The predicted molar refractivity (Wildman–Crippen MR) is 74.0 cm³/mol. The van der Waals surface area contributed by atoms with Gasteiger partial charge in [-0.2, -0.15) is 0 Å². The molecular formula is C13H28O3Si. The minimum Gasteiger partial charge on any atom is -0.377 e. The van der Waals surface area contributed by atoms with E-state index >= 15 is 0 Å². The molecule has 3 nitrogen and oxygen atoms in total. The first-order chi connectivity index (χ1) is 8.14. The van der Waals surface area contributed by atoms with Crippen molar-refractivity contribution >= 4 is 8.80 Å². The highest BCUT2D eigenvalue weighted by Crippen LogP contribution is 2.23. The van der Waals surface area contributed by atoms with Crippen molar-refractivity contribution in [3.05, 3.63) is 12.7 Å². The quantitative estimate of drug-likeness (QED) is 0.322. The molecule has 4 heteroatoms. The van der Waals surface area contributed by atoms with Gasteiger partial charge in [-0.15, -0.1) is 6.58 Å². The molecule has 0 bridgehead atoms. The molecule has 0 aliphatic heterocycles. The lowest BCUT2D eigenvalue weighted by Crippen LogP contribution is -2.44. The second kappa shape index (κ2) is 9.83. The van der Waals surface area contributed by atoms with Gasteiger partial charge in [-0.3, -0.25) is 0 Å². The van der Waals surface area contributed by atoms with Gasteiger partial charge in [0, 0.05) is 27.4 Å². The van der Waals surface area contributed by atoms with Crippen LogP contribution < -0.4 is 0 Å². The van der Waals surface area contributed by atoms with Crippen molar-refractivity contribution in [2.24, 2.45) is 5.92 Å². The highest BCUT2D eigenvalue weighted by molar-refractivity contribution is 6.60. The lowest BCUT2D eigenvalue weighted by atomic mass is 10.0. The normalized spacial score (nSPS) is 13.6. The van der Waals surface area contributed by atoms with Gasteiger partial charge in [-0.25, -0.2) is 0 Å². The molecule has 0 N–H and O–H groups in total. The first-order valence-electron chi connectivity index (χ1n) is 6.40. The minimum atomic E-state index is -2.37. The molecule has 0 aliphatic carbocycles. The molecule has 0 aromatic rings. The second-order valence-corrected chi connectivity index (χ2v) is 7.53. The molecule has 17 heavy (non-hydrogen) atoms. The summed E-state index contributed by atoms with van der Waals surface area (Å²) in [6.45, 7) is 5.97. The van der Waals surface area contributed by atoms with Crippen LogP contribution in [0.25, 0.3) is 0 Å². The summed E-state index contributed by atoms with van der Waals surface area (Å²) in [6.07, 6.45) is 8.11. The minimum absolute atomic E-state index is 0.588. The van der Waals surface area contributed by atoms with Crippen LogP contribution in [0.5, 0.6) is 0 Å². The number of rotatable bonds is 11. The Kier molecular flexibility index (Phi) is 9.73. The smallest absolute Gasteiger partial charge is 0.377 e. The molecule has 1 atom stereocenters. The summed E-state index contributed by atoms with van der Waals surface area (Å²) in [4.78, 5) is 0. The van der Waals surface area contributed by atoms with E-state index < -0.39 is 8.80 Å². The molecule has 0 heterocycles. The van der Waals surface area contributed by atoms with E-state index in [1.54, 1.807) is 21.3 Å². The average molecular weight is 260 g/mol. The van der Waals surface area contributed by atoms with Crippen molar-refractivity contribution in [2.45, 2.75) is 45.1 Å². The third-order valence-corrected chi connectivity index (χ3v) is 6.20. The Labute approximate surface area is 108 Å². The van der Waals surface area contributed by atoms with Crippen LogP contribution in [0.3, 0.4) is 0 Å². The Morgan fingerprint density at radius 1 is 1.06 bits per heavy atom. The topological polar surface area (TPSA) is 27.7 Å². The summed E-state index contributed by atoms with van der Waals surface area (Å²) in [5.41, 5.74) is 0. The fourth-order valence-electron chi connectivity index (χ4n) is 1.99. The summed E-state index contributed by atoms with van der Waals surface area (Å²) in [7, 11) is 2.66. The van der Waals surface area contributed by atoms with Crippen LogP contribution in [0.15, 0.2) is 12.7 Å². The molecule has 1 unspecified atom stereocenters. The second-order valence-electron chi connectivity index (χ2n) is 4.53. The fourth-order valence-corrected chi connectivity index (χ4v) is 4.04. The van der Waals surface area contributed by atoms with Gasteiger partial charge < -0.3 is 13.3 Å². The van der Waals surface area contributed by atoms with E-state index in [-0.39, 0.29) is 0 Å². The van der Waals surface area contributed by atoms with Crippen LogP contribution >= 0.6 is 0 Å². The monoisotopic (exact) mass is 260 g/mol. The van der Waals surface area contributed by atoms with E-state index in [9.17, 15) is 0 Å². The molecule has 0 fully saturated rings. The van der Waals surface area contributed by atoms with Gasteiger partial charge in [0.15, 0.2) is 0 Å². The number of hydrogen-bond donors (Lipinski definition) is 0. The van der Waals surface area contributed by atoms with Crippen molar-refractivity contribution in [1.29, 1.82) is 0 Å². The molecule has 0 amide bonds. The molecule has 0 saturated carbocycles. The van der Waals surface area contributed by atoms with E-state index in [4.69, 9.17) is 13.3 Å². The van der Waals surface area contributed by atoms with E-state index in [2.05, 4.69) is 13.5 Å². The largest absolute Gasteiger partial charge is 0.500 e. The zero-order valence-corrected chi connectivity index (χ0v) is 12.8. The molecule has 0 spiro atoms. The van der Waals surface area contributed by atoms with E-state index in [0.717, 1.165) is 12.5 Å². The van der Waals surface area contributed by atoms with Gasteiger partial charge in [-0.05, 0) is 18.8 Å². The van der Waals surface area contributed by atoms with Crippen molar-refractivity contribution in [3.63, 3.8) is 0 Å². The summed E-state index contributed by atoms with van der Waals surface area (Å²) in [5, 5.41) is 0. The van der Waals surface area contributed by atoms with Gasteiger partial charge >= 0.3 is 8.80 Å². The van der Waals surface area contributed by atoms with Crippen LogP contribution in [0, 0.1) is 5.92 Å². The molecule has 0 aliphatic rings. The predicted octanol–water partition coefficient (Wildman–Crippen LogP) is 3.64. The van der Waals surface area contributed by atoms with Crippen LogP contribution in [0.4, 0.5) is 0 Å². The fraction of sp³-hybridized carbons (Fsp3) is 0.846. The maximum atomic E-state index is 5.43. The Morgan fingerprint density at radius 3 is 2.12 bits per heavy atom. The molecule has 0 radical (unpaired) electrons. The van der Waals surface area contributed by atoms with E-state index in [0.29, 0.717) is 5.92 Å². The molecule has 0 aromatic heterocycles. The Balaban J connectivity index is 3.82. The summed E-state index contributed by atoms with van der Waals surface area (Å²) in [5.74, 6) is 0.588. The first-order valence-corrected chi connectivity index (χ1v) is 8.33. The third kappa shape index (κ3) is 6.98. The standard InChI is InChI=1S/C13H28O3Si/c1-6-7-8-9-10-11-13(2)12-17(14-3,15-4)16-5/h6,13H,1,7-12H2,2-5H3. The molecule has 102 valence electrons. The third-order valence-electron chi connectivity index (χ3n) is 3.14. The van der Waals surface area contributed by atoms with Crippen LogP contribution in [0.2, 0.25) is 6.04 Å². The highest BCUT2D eigenvalue weighted by Gasteiger charge is 2.39. The Bertz CT molecular complexity index is 185. The molecule has 0 rings (SSSR count). The first kappa shape index (κ1) is 16.8.